The predicted octanol–water partition coefficient (Wildman–Crippen LogP) is 3.66. The van der Waals surface area contributed by atoms with Gasteiger partial charge in [0, 0.05) is 19.7 Å². The first-order chi connectivity index (χ1) is 13.0. The number of rotatable bonds is 4. The van der Waals surface area contributed by atoms with Crippen LogP contribution in [0.4, 0.5) is 8.78 Å². The van der Waals surface area contributed by atoms with E-state index in [1.54, 1.807) is 11.7 Å². The van der Waals surface area contributed by atoms with Crippen LogP contribution in [0.1, 0.15) is 19.3 Å². The molecule has 0 saturated heterocycles. The van der Waals surface area contributed by atoms with Crippen molar-refractivity contribution in [3.8, 4) is 0 Å². The number of halogens is 2. The Morgan fingerprint density at radius 3 is 2.93 bits per heavy atom. The van der Waals surface area contributed by atoms with Crippen LogP contribution in [-0.2, 0) is 16.1 Å². The number of aromatic nitrogens is 1. The minimum atomic E-state index is -0.901. The van der Waals surface area contributed by atoms with Gasteiger partial charge in [-0.2, -0.15) is 4.99 Å². The maximum Gasteiger partial charge on any atom is 0.252 e. The molecule has 0 spiro atoms. The Hall–Kier alpha value is -1.86. The monoisotopic (exact) mass is 390 g/mol. The fourth-order valence-electron chi connectivity index (χ4n) is 5.20. The highest BCUT2D eigenvalue weighted by atomic mass is 32.1. The van der Waals surface area contributed by atoms with Crippen molar-refractivity contribution in [3.63, 3.8) is 0 Å². The average Bonchev–Trinajstić information content (AvgIpc) is 3.19. The molecule has 1 aromatic carbocycles. The molecule has 0 aliphatic heterocycles. The molecule has 142 valence electrons. The highest BCUT2D eigenvalue weighted by Crippen LogP contribution is 2.57. The molecule has 2 saturated carbocycles. The lowest BCUT2D eigenvalue weighted by atomic mass is 9.75. The van der Waals surface area contributed by atoms with Gasteiger partial charge in [0.15, 0.2) is 16.4 Å². The van der Waals surface area contributed by atoms with E-state index in [0.29, 0.717) is 45.9 Å². The molecule has 4 aliphatic rings. The van der Waals surface area contributed by atoms with Crippen molar-refractivity contribution >= 4 is 27.5 Å². The number of hydrogen-bond donors (Lipinski definition) is 0. The van der Waals surface area contributed by atoms with Gasteiger partial charge >= 0.3 is 0 Å². The van der Waals surface area contributed by atoms with E-state index >= 15 is 0 Å². The predicted molar refractivity (Wildman–Crippen MR) is 98.1 cm³/mol. The number of carbonyl (C=O) groups excluding carboxylic acids is 1. The first-order valence-corrected chi connectivity index (χ1v) is 10.1. The number of methoxy groups -OCH3 is 1. The quantitative estimate of drug-likeness (QED) is 0.748. The second-order valence-corrected chi connectivity index (χ2v) is 8.79. The SMILES string of the molecule is COCCn1c(=NC(=O)[C@H]2C3CC4=CC(C3)CC42)sc2cc(F)c(F)cc21. The van der Waals surface area contributed by atoms with Gasteiger partial charge in [0.05, 0.1) is 22.7 Å². The van der Waals surface area contributed by atoms with Crippen LogP contribution in [-0.4, -0.2) is 24.2 Å². The summed E-state index contributed by atoms with van der Waals surface area (Å²) in [4.78, 5) is 18.0. The van der Waals surface area contributed by atoms with E-state index in [-0.39, 0.29) is 11.8 Å². The zero-order valence-electron chi connectivity index (χ0n) is 15.0. The first-order valence-electron chi connectivity index (χ1n) is 9.31. The maximum absolute atomic E-state index is 13.8. The van der Waals surface area contributed by atoms with Crippen LogP contribution in [0.3, 0.4) is 0 Å². The number of amides is 1. The second-order valence-electron chi connectivity index (χ2n) is 7.78. The fraction of sp³-hybridized carbons (Fsp3) is 0.500. The summed E-state index contributed by atoms with van der Waals surface area (Å²) in [6, 6.07) is 2.34. The van der Waals surface area contributed by atoms with Gasteiger partial charge in [-0.25, -0.2) is 8.78 Å². The number of allylic oxidation sites excluding steroid dienone is 2. The van der Waals surface area contributed by atoms with Gasteiger partial charge in [-0.15, -0.1) is 0 Å². The van der Waals surface area contributed by atoms with Crippen LogP contribution < -0.4 is 4.80 Å². The zero-order chi connectivity index (χ0) is 18.7. The van der Waals surface area contributed by atoms with Crippen molar-refractivity contribution in [1.82, 2.24) is 4.57 Å². The van der Waals surface area contributed by atoms with Crippen molar-refractivity contribution < 1.29 is 18.3 Å². The summed E-state index contributed by atoms with van der Waals surface area (Å²) in [5.41, 5.74) is 1.98. The van der Waals surface area contributed by atoms with E-state index in [1.165, 1.54) is 29.0 Å². The third kappa shape index (κ3) is 2.70. The Morgan fingerprint density at radius 1 is 1.33 bits per heavy atom. The highest BCUT2D eigenvalue weighted by Gasteiger charge is 2.51. The summed E-state index contributed by atoms with van der Waals surface area (Å²) in [7, 11) is 1.58. The fourth-order valence-corrected chi connectivity index (χ4v) is 6.27. The van der Waals surface area contributed by atoms with Crippen LogP contribution in [0.25, 0.3) is 10.2 Å². The normalized spacial score (nSPS) is 29.1. The van der Waals surface area contributed by atoms with Crippen LogP contribution in [0.15, 0.2) is 28.8 Å². The number of carbonyl (C=O) groups is 1. The van der Waals surface area contributed by atoms with E-state index in [9.17, 15) is 13.6 Å². The summed E-state index contributed by atoms with van der Waals surface area (Å²) in [6.07, 6.45) is 5.54. The third-order valence-electron chi connectivity index (χ3n) is 6.26. The number of benzene rings is 1. The molecule has 0 N–H and O–H groups in total. The molecule has 7 heteroatoms. The van der Waals surface area contributed by atoms with Crippen molar-refractivity contribution in [3.05, 3.63) is 40.2 Å². The summed E-state index contributed by atoms with van der Waals surface area (Å²) in [5.74, 6) is -0.519. The van der Waals surface area contributed by atoms with Crippen molar-refractivity contribution in [1.29, 1.82) is 0 Å². The van der Waals surface area contributed by atoms with Crippen molar-refractivity contribution in [2.45, 2.75) is 25.8 Å². The smallest absolute Gasteiger partial charge is 0.252 e. The Kier molecular flexibility index (Phi) is 4.05. The zero-order valence-corrected chi connectivity index (χ0v) is 15.8. The van der Waals surface area contributed by atoms with Crippen LogP contribution >= 0.6 is 11.3 Å². The van der Waals surface area contributed by atoms with Crippen LogP contribution in [0.2, 0.25) is 0 Å². The van der Waals surface area contributed by atoms with Gasteiger partial charge in [-0.3, -0.25) is 4.79 Å². The number of ether oxygens (including phenoxy) is 1. The molecule has 3 unspecified atom stereocenters. The summed E-state index contributed by atoms with van der Waals surface area (Å²) < 4.78 is 34.9. The van der Waals surface area contributed by atoms with Gasteiger partial charge in [-0.05, 0) is 43.1 Å². The maximum atomic E-state index is 13.8. The molecule has 0 radical (unpaired) electrons. The van der Waals surface area contributed by atoms with Gasteiger partial charge < -0.3 is 9.30 Å². The number of hydrogen-bond acceptors (Lipinski definition) is 3. The topological polar surface area (TPSA) is 43.6 Å². The Balaban J connectivity index is 1.57. The number of nitrogens with zero attached hydrogens (tertiary/aromatic N) is 2. The molecular weight excluding hydrogens is 370 g/mol. The molecule has 4 nitrogen and oxygen atoms in total. The Labute approximate surface area is 159 Å². The second kappa shape index (κ2) is 6.34. The van der Waals surface area contributed by atoms with E-state index in [4.69, 9.17) is 4.74 Å². The number of thiazole rings is 1. The molecule has 27 heavy (non-hydrogen) atoms. The molecule has 4 aliphatic carbocycles. The lowest BCUT2D eigenvalue weighted by Crippen LogP contribution is -2.31. The minimum Gasteiger partial charge on any atom is -0.383 e. The van der Waals surface area contributed by atoms with E-state index in [0.717, 1.165) is 19.3 Å². The highest BCUT2D eigenvalue weighted by molar-refractivity contribution is 7.16. The molecule has 4 bridgehead atoms. The molecule has 1 aromatic heterocycles. The number of fused-ring (bicyclic) bond motifs is 1. The van der Waals surface area contributed by atoms with E-state index in [1.807, 2.05) is 0 Å². The lowest BCUT2D eigenvalue weighted by molar-refractivity contribution is -0.125. The largest absolute Gasteiger partial charge is 0.383 e. The molecule has 2 aromatic rings. The first kappa shape index (κ1) is 17.3. The molecule has 2 fully saturated rings. The molecular formula is C20H20F2N2O2S. The van der Waals surface area contributed by atoms with Crippen molar-refractivity contribution in [2.24, 2.45) is 28.7 Å². The summed E-state index contributed by atoms with van der Waals surface area (Å²) in [5, 5.41) is 0. The summed E-state index contributed by atoms with van der Waals surface area (Å²) in [6.45, 7) is 0.827. The Morgan fingerprint density at radius 2 is 2.15 bits per heavy atom. The van der Waals surface area contributed by atoms with Gasteiger partial charge in [-0.1, -0.05) is 23.0 Å². The van der Waals surface area contributed by atoms with Crippen LogP contribution in [0.5, 0.6) is 0 Å². The molecule has 1 heterocycles. The average molecular weight is 390 g/mol. The van der Waals surface area contributed by atoms with Gasteiger partial charge in [0.1, 0.15) is 0 Å². The van der Waals surface area contributed by atoms with E-state index < -0.39 is 11.6 Å². The van der Waals surface area contributed by atoms with Gasteiger partial charge in [0.2, 0.25) is 0 Å². The Bertz CT molecular complexity index is 1040. The summed E-state index contributed by atoms with van der Waals surface area (Å²) >= 11 is 1.22. The molecule has 4 atom stereocenters. The third-order valence-corrected chi connectivity index (χ3v) is 7.30. The molecule has 6 rings (SSSR count). The molecule has 1 amide bonds. The minimum absolute atomic E-state index is 0.0374. The van der Waals surface area contributed by atoms with E-state index in [2.05, 4.69) is 11.1 Å². The van der Waals surface area contributed by atoms with Gasteiger partial charge in [0.25, 0.3) is 5.91 Å². The van der Waals surface area contributed by atoms with Crippen LogP contribution in [0, 0.1) is 35.3 Å². The van der Waals surface area contributed by atoms with Crippen molar-refractivity contribution in [2.75, 3.05) is 13.7 Å². The standard InChI is InChI=1S/C20H20F2N2O2S/c1-26-3-2-24-16-8-14(21)15(22)9-17(16)27-20(24)23-19(25)18-12-5-10-4-11(7-12)13(18)6-10/h4,8-10,12-13,18H,2-3,5-7H2,1H3/t10?,12?,13?,18-/m0/s1. The lowest BCUT2D eigenvalue weighted by Gasteiger charge is -2.29.